The number of fused-ring (bicyclic) bond motifs is 4. The maximum atomic E-state index is 11.0. The average molecular weight is 441 g/mol. The number of hydrogen-bond acceptors (Lipinski definition) is 4. The molecule has 6 rings (SSSR count). The van der Waals surface area contributed by atoms with E-state index >= 15 is 0 Å². The maximum absolute atomic E-state index is 11.0. The minimum atomic E-state index is -1.34. The summed E-state index contributed by atoms with van der Waals surface area (Å²) in [6.07, 6.45) is -0.168. The molecule has 0 spiro atoms. The second-order valence-electron chi connectivity index (χ2n) is 8.34. The highest BCUT2D eigenvalue weighted by atomic mass is 16.7. The Bertz CT molecular complexity index is 1530. The van der Waals surface area contributed by atoms with Crippen LogP contribution in [0.1, 0.15) is 13.3 Å². The number of imidazole rings is 1. The van der Waals surface area contributed by atoms with Gasteiger partial charge in [0.05, 0.1) is 23.7 Å². The molecular weight excluding hydrogens is 418 g/mol. The summed E-state index contributed by atoms with van der Waals surface area (Å²) in [4.78, 5) is 15.9. The van der Waals surface area contributed by atoms with Gasteiger partial charge in [0, 0.05) is 46.6 Å². The molecule has 3 heterocycles. The lowest BCUT2D eigenvalue weighted by Crippen LogP contribution is -2.31. The summed E-state index contributed by atoms with van der Waals surface area (Å²) in [7, 11) is 0. The zero-order valence-corrected chi connectivity index (χ0v) is 18.2. The van der Waals surface area contributed by atoms with Crippen LogP contribution >= 0.6 is 0 Å². The Morgan fingerprint density at radius 3 is 2.61 bits per heavy atom. The zero-order chi connectivity index (χ0) is 22.5. The molecule has 2 aromatic heterocycles. The molecule has 1 aliphatic heterocycles. The second kappa shape index (κ2) is 7.64. The van der Waals surface area contributed by atoms with Crippen molar-refractivity contribution in [3.63, 3.8) is 0 Å². The van der Waals surface area contributed by atoms with E-state index in [-0.39, 0.29) is 11.9 Å². The molecule has 0 radical (unpaired) electrons. The van der Waals surface area contributed by atoms with E-state index in [1.54, 1.807) is 12.1 Å². The molecule has 5 aromatic rings. The fourth-order valence-electron chi connectivity index (χ4n) is 4.84. The van der Waals surface area contributed by atoms with Crippen LogP contribution in [-0.4, -0.2) is 38.1 Å². The number of rotatable bonds is 5. The third kappa shape index (κ3) is 3.24. The highest BCUT2D eigenvalue weighted by Crippen LogP contribution is 2.34. The van der Waals surface area contributed by atoms with Crippen LogP contribution in [0.5, 0.6) is 5.75 Å². The van der Waals surface area contributed by atoms with Crippen LogP contribution in [0.4, 0.5) is 4.79 Å². The van der Waals surface area contributed by atoms with E-state index < -0.39 is 6.16 Å². The fourth-order valence-corrected chi connectivity index (χ4v) is 4.84. The van der Waals surface area contributed by atoms with Crippen molar-refractivity contribution in [3.8, 4) is 17.1 Å². The smallest absolute Gasteiger partial charge is 0.449 e. The Kier molecular flexibility index (Phi) is 4.58. The minimum absolute atomic E-state index is 0.154. The summed E-state index contributed by atoms with van der Waals surface area (Å²) in [5.74, 6) is 1.09. The van der Waals surface area contributed by atoms with Crippen LogP contribution in [0, 0.1) is 0 Å². The number of aromatic nitrogens is 3. The van der Waals surface area contributed by atoms with E-state index in [2.05, 4.69) is 58.5 Å². The molecule has 0 amide bonds. The molecule has 3 aromatic carbocycles. The Morgan fingerprint density at radius 2 is 1.85 bits per heavy atom. The Labute approximate surface area is 189 Å². The van der Waals surface area contributed by atoms with E-state index in [0.29, 0.717) is 12.1 Å². The highest BCUT2D eigenvalue weighted by Gasteiger charge is 2.23. The van der Waals surface area contributed by atoms with Gasteiger partial charge in [-0.2, -0.15) is 0 Å². The van der Waals surface area contributed by atoms with E-state index in [1.807, 2.05) is 6.07 Å². The van der Waals surface area contributed by atoms with Gasteiger partial charge < -0.3 is 23.7 Å². The lowest BCUT2D eigenvalue weighted by molar-refractivity contribution is -0.0584. The number of carboxylic acid groups (broad SMARTS) is 1. The van der Waals surface area contributed by atoms with Gasteiger partial charge in [0.15, 0.2) is 0 Å². The number of carbonyl (C=O) groups is 1. The zero-order valence-electron chi connectivity index (χ0n) is 18.2. The van der Waals surface area contributed by atoms with Crippen LogP contribution in [-0.2, 0) is 17.8 Å². The second-order valence-corrected chi connectivity index (χ2v) is 8.34. The van der Waals surface area contributed by atoms with Crippen molar-refractivity contribution in [2.75, 3.05) is 6.61 Å². The normalized spacial score (nSPS) is 15.8. The van der Waals surface area contributed by atoms with Gasteiger partial charge in [-0.15, -0.1) is 0 Å². The molecule has 0 saturated carbocycles. The molecule has 7 nitrogen and oxygen atoms in total. The fraction of sp³-hybridized carbons (Fsp3) is 0.231. The lowest BCUT2D eigenvalue weighted by Gasteiger charge is -2.27. The Morgan fingerprint density at radius 1 is 1.06 bits per heavy atom. The summed E-state index contributed by atoms with van der Waals surface area (Å²) >= 11 is 0. The molecule has 1 aliphatic rings. The summed E-state index contributed by atoms with van der Waals surface area (Å²) < 4.78 is 15.1. The highest BCUT2D eigenvalue weighted by molar-refractivity contribution is 6.09. The summed E-state index contributed by atoms with van der Waals surface area (Å²) in [6.45, 7) is 4.54. The predicted octanol–water partition coefficient (Wildman–Crippen LogP) is 5.68. The van der Waals surface area contributed by atoms with Crippen molar-refractivity contribution in [1.82, 2.24) is 14.1 Å². The van der Waals surface area contributed by atoms with Gasteiger partial charge in [-0.25, -0.2) is 9.78 Å². The van der Waals surface area contributed by atoms with Gasteiger partial charge in [-0.1, -0.05) is 18.2 Å². The van der Waals surface area contributed by atoms with Gasteiger partial charge >= 0.3 is 6.16 Å². The number of nitrogens with zero attached hydrogens (tertiary/aromatic N) is 3. The van der Waals surface area contributed by atoms with Crippen molar-refractivity contribution < 1.29 is 19.4 Å². The topological polar surface area (TPSA) is 78.5 Å². The molecule has 1 fully saturated rings. The van der Waals surface area contributed by atoms with E-state index in [1.165, 1.54) is 21.8 Å². The molecule has 1 saturated heterocycles. The molecule has 1 N–H and O–H groups in total. The monoisotopic (exact) mass is 441 g/mol. The van der Waals surface area contributed by atoms with Gasteiger partial charge in [-0.05, 0) is 49.7 Å². The van der Waals surface area contributed by atoms with Crippen LogP contribution < -0.4 is 4.74 Å². The molecular formula is C26H23N3O4. The van der Waals surface area contributed by atoms with Crippen molar-refractivity contribution in [1.29, 1.82) is 0 Å². The van der Waals surface area contributed by atoms with E-state index in [4.69, 9.17) is 19.6 Å². The SMILES string of the molecule is CCn1c2ccccc2c2cc(-c3nc4cc(OC(=O)O)ccc4n3CC3CCO3)ccc21. The number of para-hydroxylation sites is 1. The first-order valence-electron chi connectivity index (χ1n) is 11.2. The predicted molar refractivity (Wildman–Crippen MR) is 127 cm³/mol. The van der Waals surface area contributed by atoms with Crippen molar-refractivity contribution in [2.45, 2.75) is 32.5 Å². The molecule has 0 bridgehead atoms. The molecule has 166 valence electrons. The van der Waals surface area contributed by atoms with Gasteiger partial charge in [0.25, 0.3) is 0 Å². The summed E-state index contributed by atoms with van der Waals surface area (Å²) in [5, 5.41) is 11.4. The first-order chi connectivity index (χ1) is 16.1. The van der Waals surface area contributed by atoms with Gasteiger partial charge in [0.1, 0.15) is 11.6 Å². The van der Waals surface area contributed by atoms with Crippen molar-refractivity contribution in [3.05, 3.63) is 60.7 Å². The maximum Gasteiger partial charge on any atom is 0.511 e. The first kappa shape index (κ1) is 19.8. The van der Waals surface area contributed by atoms with Crippen molar-refractivity contribution in [2.24, 2.45) is 0 Å². The number of aryl methyl sites for hydroxylation is 1. The Balaban J connectivity index is 1.55. The number of hydrogen-bond donors (Lipinski definition) is 1. The quantitative estimate of drug-likeness (QED) is 0.281. The number of benzene rings is 3. The standard InChI is InChI=1S/C26H23N3O4/c1-2-28-22-6-4-3-5-19(22)20-13-16(7-9-23(20)28)25-27-21-14-17(33-26(30)31)8-10-24(21)29(25)15-18-11-12-32-18/h3-10,13-14,18H,2,11-12,15H2,1H3,(H,30,31). The van der Waals surface area contributed by atoms with E-state index in [9.17, 15) is 4.79 Å². The van der Waals surface area contributed by atoms with E-state index in [0.717, 1.165) is 36.5 Å². The third-order valence-electron chi connectivity index (χ3n) is 6.45. The van der Waals surface area contributed by atoms with Gasteiger partial charge in [0.2, 0.25) is 0 Å². The average Bonchev–Trinajstić information content (AvgIpc) is 3.30. The molecule has 1 unspecified atom stereocenters. The van der Waals surface area contributed by atoms with Crippen LogP contribution in [0.2, 0.25) is 0 Å². The number of ether oxygens (including phenoxy) is 2. The molecule has 0 aliphatic carbocycles. The largest absolute Gasteiger partial charge is 0.511 e. The summed E-state index contributed by atoms with van der Waals surface area (Å²) in [5.41, 5.74) is 5.05. The van der Waals surface area contributed by atoms with Crippen LogP contribution in [0.3, 0.4) is 0 Å². The summed E-state index contributed by atoms with van der Waals surface area (Å²) in [6, 6.07) is 20.1. The minimum Gasteiger partial charge on any atom is -0.449 e. The lowest BCUT2D eigenvalue weighted by atomic mass is 10.1. The molecule has 33 heavy (non-hydrogen) atoms. The van der Waals surface area contributed by atoms with Crippen LogP contribution in [0.25, 0.3) is 44.2 Å². The Hall–Kier alpha value is -3.84. The van der Waals surface area contributed by atoms with Gasteiger partial charge in [-0.3, -0.25) is 0 Å². The third-order valence-corrected chi connectivity index (χ3v) is 6.45. The van der Waals surface area contributed by atoms with Crippen LogP contribution in [0.15, 0.2) is 60.7 Å². The molecule has 7 heteroatoms. The molecule has 1 atom stereocenters. The first-order valence-corrected chi connectivity index (χ1v) is 11.2. The van der Waals surface area contributed by atoms with Crippen molar-refractivity contribution >= 4 is 39.0 Å².